The highest BCUT2D eigenvalue weighted by Gasteiger charge is 2.27. The smallest absolute Gasteiger partial charge is 0.264 e. The van der Waals surface area contributed by atoms with Gasteiger partial charge in [-0.15, -0.1) is 0 Å². The van der Waals surface area contributed by atoms with Gasteiger partial charge < -0.3 is 14.8 Å². The standard InChI is InChI=1S/C23H24N2O5S/c1-3-30-21-9-7-8-18(16-21)24-23(26)17-25(19-12-14-20(29-2)15-13-19)31(27,28)22-10-5-4-6-11-22/h4-16H,3,17H2,1-2H3,(H,24,26). The van der Waals surface area contributed by atoms with E-state index < -0.39 is 22.5 Å². The number of sulfonamides is 1. The summed E-state index contributed by atoms with van der Waals surface area (Å²) in [5.74, 6) is 0.714. The van der Waals surface area contributed by atoms with Crippen LogP contribution in [0.4, 0.5) is 11.4 Å². The first-order valence-electron chi connectivity index (χ1n) is 9.68. The highest BCUT2D eigenvalue weighted by Crippen LogP contribution is 2.26. The van der Waals surface area contributed by atoms with Gasteiger partial charge in [-0.3, -0.25) is 9.10 Å². The Labute approximate surface area is 182 Å². The van der Waals surface area contributed by atoms with Crippen LogP contribution in [0.15, 0.2) is 83.8 Å². The summed E-state index contributed by atoms with van der Waals surface area (Å²) in [6.07, 6.45) is 0. The van der Waals surface area contributed by atoms with Gasteiger partial charge in [0.05, 0.1) is 24.3 Å². The van der Waals surface area contributed by atoms with Gasteiger partial charge in [0.2, 0.25) is 5.91 Å². The van der Waals surface area contributed by atoms with E-state index in [2.05, 4.69) is 5.32 Å². The molecular weight excluding hydrogens is 416 g/mol. The molecule has 0 aromatic heterocycles. The Morgan fingerprint density at radius 2 is 1.65 bits per heavy atom. The predicted octanol–water partition coefficient (Wildman–Crippen LogP) is 3.93. The SMILES string of the molecule is CCOc1cccc(NC(=O)CN(c2ccc(OC)cc2)S(=O)(=O)c2ccccc2)c1. The predicted molar refractivity (Wildman–Crippen MR) is 120 cm³/mol. The number of nitrogens with one attached hydrogen (secondary N) is 1. The lowest BCUT2D eigenvalue weighted by Gasteiger charge is -2.24. The van der Waals surface area contributed by atoms with Gasteiger partial charge in [0.25, 0.3) is 10.0 Å². The largest absolute Gasteiger partial charge is 0.497 e. The maximum atomic E-state index is 13.3. The number of nitrogens with zero attached hydrogens (tertiary/aromatic N) is 1. The number of carbonyl (C=O) groups is 1. The summed E-state index contributed by atoms with van der Waals surface area (Å²) in [5, 5.41) is 2.74. The molecule has 0 aliphatic rings. The third kappa shape index (κ3) is 5.55. The Bertz CT molecular complexity index is 1120. The summed E-state index contributed by atoms with van der Waals surface area (Å²) in [7, 11) is -2.45. The lowest BCUT2D eigenvalue weighted by atomic mass is 10.3. The number of ether oxygens (including phenoxy) is 2. The number of hydrogen-bond acceptors (Lipinski definition) is 5. The number of carbonyl (C=O) groups excluding carboxylic acids is 1. The van der Waals surface area contributed by atoms with Gasteiger partial charge in [-0.2, -0.15) is 0 Å². The summed E-state index contributed by atoms with van der Waals surface area (Å²) < 4.78 is 38.3. The molecule has 0 aliphatic heterocycles. The molecule has 0 saturated carbocycles. The topological polar surface area (TPSA) is 84.9 Å². The van der Waals surface area contributed by atoms with Crippen molar-refractivity contribution in [3.8, 4) is 11.5 Å². The zero-order chi connectivity index (χ0) is 22.3. The number of amides is 1. The Hall–Kier alpha value is -3.52. The fourth-order valence-corrected chi connectivity index (χ4v) is 4.39. The molecule has 1 N–H and O–H groups in total. The zero-order valence-corrected chi connectivity index (χ0v) is 18.1. The van der Waals surface area contributed by atoms with Crippen LogP contribution in [0.2, 0.25) is 0 Å². The van der Waals surface area contributed by atoms with E-state index in [1.54, 1.807) is 66.7 Å². The molecule has 3 aromatic carbocycles. The van der Waals surface area contributed by atoms with Crippen LogP contribution in [-0.2, 0) is 14.8 Å². The molecule has 8 heteroatoms. The van der Waals surface area contributed by atoms with E-state index in [0.717, 1.165) is 4.31 Å². The van der Waals surface area contributed by atoms with Crippen LogP contribution in [0.3, 0.4) is 0 Å². The third-order valence-corrected chi connectivity index (χ3v) is 6.20. The van der Waals surface area contributed by atoms with Gasteiger partial charge in [0, 0.05) is 11.8 Å². The minimum Gasteiger partial charge on any atom is -0.497 e. The fraction of sp³-hybridized carbons (Fsp3) is 0.174. The van der Waals surface area contributed by atoms with Crippen molar-refractivity contribution in [1.82, 2.24) is 0 Å². The molecule has 0 bridgehead atoms. The van der Waals surface area contributed by atoms with Crippen LogP contribution in [0.5, 0.6) is 11.5 Å². The number of anilines is 2. The molecule has 0 heterocycles. The molecule has 162 valence electrons. The average molecular weight is 441 g/mol. The van der Waals surface area contributed by atoms with Gasteiger partial charge in [0.15, 0.2) is 0 Å². The minimum absolute atomic E-state index is 0.0944. The second-order valence-electron chi connectivity index (χ2n) is 6.53. The van der Waals surface area contributed by atoms with Crippen molar-refractivity contribution < 1.29 is 22.7 Å². The van der Waals surface area contributed by atoms with E-state index >= 15 is 0 Å². The summed E-state index contributed by atoms with van der Waals surface area (Å²) in [6, 6.07) is 21.4. The molecule has 0 radical (unpaired) electrons. The van der Waals surface area contributed by atoms with Gasteiger partial charge in [0.1, 0.15) is 18.0 Å². The van der Waals surface area contributed by atoms with Gasteiger partial charge in [-0.25, -0.2) is 8.42 Å². The number of hydrogen-bond donors (Lipinski definition) is 1. The molecule has 3 rings (SSSR count). The number of benzene rings is 3. The van der Waals surface area contributed by atoms with E-state index in [0.29, 0.717) is 29.5 Å². The van der Waals surface area contributed by atoms with Gasteiger partial charge in [-0.1, -0.05) is 24.3 Å². The van der Waals surface area contributed by atoms with Crippen LogP contribution in [-0.4, -0.2) is 34.6 Å². The van der Waals surface area contributed by atoms with Crippen molar-refractivity contribution in [2.45, 2.75) is 11.8 Å². The summed E-state index contributed by atoms with van der Waals surface area (Å²) >= 11 is 0. The molecule has 0 fully saturated rings. The molecule has 1 amide bonds. The summed E-state index contributed by atoms with van der Waals surface area (Å²) in [4.78, 5) is 12.9. The molecule has 0 spiro atoms. The number of methoxy groups -OCH3 is 1. The summed E-state index contributed by atoms with van der Waals surface area (Å²) in [6.45, 7) is 1.97. The van der Waals surface area contributed by atoms with Crippen molar-refractivity contribution in [1.29, 1.82) is 0 Å². The van der Waals surface area contributed by atoms with Crippen molar-refractivity contribution >= 4 is 27.3 Å². The van der Waals surface area contributed by atoms with E-state index in [9.17, 15) is 13.2 Å². The van der Waals surface area contributed by atoms with Crippen LogP contribution < -0.4 is 19.1 Å². The van der Waals surface area contributed by atoms with Crippen LogP contribution >= 0.6 is 0 Å². The second-order valence-corrected chi connectivity index (χ2v) is 8.39. The zero-order valence-electron chi connectivity index (χ0n) is 17.3. The average Bonchev–Trinajstić information content (AvgIpc) is 2.78. The minimum atomic E-state index is -3.97. The van der Waals surface area contributed by atoms with E-state index in [4.69, 9.17) is 9.47 Å². The highest BCUT2D eigenvalue weighted by atomic mass is 32.2. The first kappa shape index (κ1) is 22.2. The molecule has 0 atom stereocenters. The molecule has 3 aromatic rings. The van der Waals surface area contributed by atoms with Crippen LogP contribution in [0, 0.1) is 0 Å². The Morgan fingerprint density at radius 1 is 0.935 bits per heavy atom. The maximum absolute atomic E-state index is 13.3. The Morgan fingerprint density at radius 3 is 2.29 bits per heavy atom. The first-order valence-corrected chi connectivity index (χ1v) is 11.1. The Kier molecular flexibility index (Phi) is 7.15. The van der Waals surface area contributed by atoms with Crippen LogP contribution in [0.25, 0.3) is 0 Å². The van der Waals surface area contributed by atoms with Gasteiger partial charge >= 0.3 is 0 Å². The van der Waals surface area contributed by atoms with Crippen molar-refractivity contribution in [3.63, 3.8) is 0 Å². The van der Waals surface area contributed by atoms with Gasteiger partial charge in [-0.05, 0) is 55.5 Å². The van der Waals surface area contributed by atoms with Crippen molar-refractivity contribution in [3.05, 3.63) is 78.9 Å². The molecule has 31 heavy (non-hydrogen) atoms. The quantitative estimate of drug-likeness (QED) is 0.545. The second kappa shape index (κ2) is 9.99. The molecule has 0 saturated heterocycles. The lowest BCUT2D eigenvalue weighted by Crippen LogP contribution is -2.38. The lowest BCUT2D eigenvalue weighted by molar-refractivity contribution is -0.114. The maximum Gasteiger partial charge on any atom is 0.264 e. The summed E-state index contributed by atoms with van der Waals surface area (Å²) in [5.41, 5.74) is 0.866. The van der Waals surface area contributed by atoms with E-state index in [1.165, 1.54) is 19.2 Å². The Balaban J connectivity index is 1.89. The first-order chi connectivity index (χ1) is 14.9. The monoisotopic (exact) mass is 440 g/mol. The van der Waals surface area contributed by atoms with Crippen molar-refractivity contribution in [2.75, 3.05) is 29.9 Å². The highest BCUT2D eigenvalue weighted by molar-refractivity contribution is 7.92. The molecule has 7 nitrogen and oxygen atoms in total. The molecule has 0 aliphatic carbocycles. The van der Waals surface area contributed by atoms with E-state index in [-0.39, 0.29) is 4.90 Å². The van der Waals surface area contributed by atoms with Crippen LogP contribution in [0.1, 0.15) is 6.92 Å². The molecular formula is C23H24N2O5S. The normalized spacial score (nSPS) is 10.9. The van der Waals surface area contributed by atoms with E-state index in [1.807, 2.05) is 6.92 Å². The fourth-order valence-electron chi connectivity index (χ4n) is 2.94. The molecule has 0 unspecified atom stereocenters. The number of rotatable bonds is 9. The third-order valence-electron chi connectivity index (χ3n) is 4.41. The van der Waals surface area contributed by atoms with Crippen molar-refractivity contribution in [2.24, 2.45) is 0 Å².